The Balaban J connectivity index is 1.77. The van der Waals surface area contributed by atoms with Crippen LogP contribution < -0.4 is 5.32 Å². The van der Waals surface area contributed by atoms with E-state index in [9.17, 15) is 0 Å². The number of hydrogen-bond acceptors (Lipinski definition) is 3. The maximum absolute atomic E-state index is 4.64. The Morgan fingerprint density at radius 3 is 2.95 bits per heavy atom. The minimum Gasteiger partial charge on any atom is -0.330 e. The molecule has 0 bridgehead atoms. The third-order valence-corrected chi connectivity index (χ3v) is 3.47. The molecule has 0 amide bonds. The second kappa shape index (κ2) is 4.85. The number of benzene rings is 1. The van der Waals surface area contributed by atoms with E-state index in [1.807, 2.05) is 30.6 Å². The molecule has 2 N–H and O–H groups in total. The van der Waals surface area contributed by atoms with Gasteiger partial charge in [0.25, 0.3) is 0 Å². The number of H-pyrrole nitrogens is 1. The second-order valence-electron chi connectivity index (χ2n) is 4.71. The zero-order chi connectivity index (χ0) is 13.2. The van der Waals surface area contributed by atoms with Gasteiger partial charge in [0, 0.05) is 24.8 Å². The quantitative estimate of drug-likeness (QED) is 0.751. The lowest BCUT2D eigenvalue weighted by molar-refractivity contribution is 0.551. The van der Waals surface area contributed by atoms with E-state index in [0.717, 1.165) is 29.0 Å². The highest BCUT2D eigenvalue weighted by Gasteiger charge is 2.10. The van der Waals surface area contributed by atoms with Crippen LogP contribution in [-0.2, 0) is 13.6 Å². The predicted octanol–water partition coefficient (Wildman–Crippen LogP) is 2.15. The van der Waals surface area contributed by atoms with Crippen molar-refractivity contribution in [2.75, 3.05) is 0 Å². The first kappa shape index (κ1) is 11.9. The fraction of sp³-hybridized carbons (Fsp3) is 0.286. The second-order valence-corrected chi connectivity index (χ2v) is 4.71. The number of rotatable bonds is 4. The third-order valence-electron chi connectivity index (χ3n) is 3.47. The van der Waals surface area contributed by atoms with Gasteiger partial charge in [0.05, 0.1) is 23.8 Å². The molecule has 1 atom stereocenters. The van der Waals surface area contributed by atoms with E-state index in [2.05, 4.69) is 45.1 Å². The van der Waals surface area contributed by atoms with E-state index >= 15 is 0 Å². The van der Waals surface area contributed by atoms with Gasteiger partial charge in [0.15, 0.2) is 0 Å². The van der Waals surface area contributed by atoms with Crippen molar-refractivity contribution in [2.45, 2.75) is 19.5 Å². The highest BCUT2D eigenvalue weighted by atomic mass is 15.1. The molecule has 0 fully saturated rings. The lowest BCUT2D eigenvalue weighted by Gasteiger charge is -2.11. The Hall–Kier alpha value is -2.14. The molecule has 3 rings (SSSR count). The predicted molar refractivity (Wildman–Crippen MR) is 74.6 cm³/mol. The molecule has 0 radical (unpaired) electrons. The number of nitrogens with one attached hydrogen (secondary N) is 2. The van der Waals surface area contributed by atoms with Crippen LogP contribution in [0.1, 0.15) is 24.4 Å². The van der Waals surface area contributed by atoms with E-state index in [4.69, 9.17) is 0 Å². The number of para-hydroxylation sites is 2. The van der Waals surface area contributed by atoms with Crippen molar-refractivity contribution in [2.24, 2.45) is 7.05 Å². The van der Waals surface area contributed by atoms with Crippen LogP contribution in [0.15, 0.2) is 36.7 Å². The third kappa shape index (κ3) is 2.24. The van der Waals surface area contributed by atoms with E-state index in [0.29, 0.717) is 0 Å². The van der Waals surface area contributed by atoms with Crippen LogP contribution in [0.4, 0.5) is 0 Å². The largest absolute Gasteiger partial charge is 0.330 e. The molecule has 5 nitrogen and oxygen atoms in total. The van der Waals surface area contributed by atoms with Gasteiger partial charge in [-0.25, -0.2) is 4.98 Å². The number of aromatic amines is 1. The van der Waals surface area contributed by atoms with Gasteiger partial charge in [-0.05, 0) is 19.1 Å². The Morgan fingerprint density at radius 2 is 2.21 bits per heavy atom. The monoisotopic (exact) mass is 255 g/mol. The van der Waals surface area contributed by atoms with Gasteiger partial charge in [-0.15, -0.1) is 0 Å². The Labute approximate surface area is 111 Å². The van der Waals surface area contributed by atoms with Crippen LogP contribution in [0.2, 0.25) is 0 Å². The summed E-state index contributed by atoms with van der Waals surface area (Å²) in [7, 11) is 2.05. The average molecular weight is 255 g/mol. The Kier molecular flexibility index (Phi) is 3.05. The first-order valence-corrected chi connectivity index (χ1v) is 6.38. The first-order chi connectivity index (χ1) is 9.25. The zero-order valence-electron chi connectivity index (χ0n) is 11.1. The van der Waals surface area contributed by atoms with E-state index < -0.39 is 0 Å². The van der Waals surface area contributed by atoms with Crippen LogP contribution in [0, 0.1) is 0 Å². The normalized spacial score (nSPS) is 12.9. The van der Waals surface area contributed by atoms with Crippen molar-refractivity contribution in [3.8, 4) is 0 Å². The summed E-state index contributed by atoms with van der Waals surface area (Å²) in [5.41, 5.74) is 3.35. The molecule has 0 aliphatic heterocycles. The van der Waals surface area contributed by atoms with E-state index in [1.165, 1.54) is 0 Å². The molecular weight excluding hydrogens is 238 g/mol. The van der Waals surface area contributed by atoms with Crippen LogP contribution in [0.3, 0.4) is 0 Å². The van der Waals surface area contributed by atoms with Crippen LogP contribution in [0.5, 0.6) is 0 Å². The van der Waals surface area contributed by atoms with Crippen molar-refractivity contribution < 1.29 is 0 Å². The van der Waals surface area contributed by atoms with Gasteiger partial charge in [-0.3, -0.25) is 5.10 Å². The molecule has 1 unspecified atom stereocenters. The van der Waals surface area contributed by atoms with Gasteiger partial charge in [0.2, 0.25) is 0 Å². The lowest BCUT2D eigenvalue weighted by Crippen LogP contribution is -2.19. The fourth-order valence-electron chi connectivity index (χ4n) is 2.21. The molecule has 5 heteroatoms. The molecule has 2 aromatic heterocycles. The maximum atomic E-state index is 4.64. The number of hydrogen-bond donors (Lipinski definition) is 2. The molecule has 0 aliphatic carbocycles. The molecule has 0 saturated heterocycles. The molecule has 2 heterocycles. The van der Waals surface area contributed by atoms with Crippen LogP contribution in [-0.4, -0.2) is 19.7 Å². The summed E-state index contributed by atoms with van der Waals surface area (Å²) < 4.78 is 2.13. The summed E-state index contributed by atoms with van der Waals surface area (Å²) in [6, 6.07) is 8.43. The summed E-state index contributed by atoms with van der Waals surface area (Å²) in [4.78, 5) is 4.64. The summed E-state index contributed by atoms with van der Waals surface area (Å²) in [5.74, 6) is 1.04. The van der Waals surface area contributed by atoms with Crippen LogP contribution >= 0.6 is 0 Å². The molecule has 0 aliphatic rings. The molecular formula is C14H17N5. The molecule has 19 heavy (non-hydrogen) atoms. The average Bonchev–Trinajstić information content (AvgIpc) is 3.05. The molecule has 98 valence electrons. The highest BCUT2D eigenvalue weighted by molar-refractivity contribution is 5.75. The molecule has 0 saturated carbocycles. The standard InChI is InChI=1S/C14H17N5/c1-10(11-7-16-17-8-11)15-9-14-18-12-5-3-4-6-13(12)19(14)2/h3-8,10,15H,9H2,1-2H3,(H,16,17). The Bertz CT molecular complexity index is 668. The summed E-state index contributed by atoms with van der Waals surface area (Å²) >= 11 is 0. The lowest BCUT2D eigenvalue weighted by atomic mass is 10.2. The van der Waals surface area contributed by atoms with E-state index in [1.54, 1.807) is 0 Å². The minimum absolute atomic E-state index is 0.249. The van der Waals surface area contributed by atoms with Crippen molar-refractivity contribution >= 4 is 11.0 Å². The summed E-state index contributed by atoms with van der Waals surface area (Å²) in [6.45, 7) is 2.85. The number of fused-ring (bicyclic) bond motifs is 1. The first-order valence-electron chi connectivity index (χ1n) is 6.38. The summed E-state index contributed by atoms with van der Waals surface area (Å²) in [6.07, 6.45) is 3.75. The summed E-state index contributed by atoms with van der Waals surface area (Å²) in [5, 5.41) is 10.3. The van der Waals surface area contributed by atoms with Gasteiger partial charge in [-0.2, -0.15) is 5.10 Å². The van der Waals surface area contributed by atoms with Gasteiger partial charge in [-0.1, -0.05) is 12.1 Å². The number of imidazole rings is 1. The van der Waals surface area contributed by atoms with Crippen molar-refractivity contribution in [3.63, 3.8) is 0 Å². The van der Waals surface area contributed by atoms with E-state index in [-0.39, 0.29) is 6.04 Å². The van der Waals surface area contributed by atoms with Crippen molar-refractivity contribution in [1.82, 2.24) is 25.1 Å². The highest BCUT2D eigenvalue weighted by Crippen LogP contribution is 2.15. The minimum atomic E-state index is 0.249. The fourth-order valence-corrected chi connectivity index (χ4v) is 2.21. The number of aromatic nitrogens is 4. The van der Waals surface area contributed by atoms with Crippen molar-refractivity contribution in [3.05, 3.63) is 48.0 Å². The maximum Gasteiger partial charge on any atom is 0.123 e. The van der Waals surface area contributed by atoms with Gasteiger partial charge < -0.3 is 9.88 Å². The van der Waals surface area contributed by atoms with Crippen LogP contribution in [0.25, 0.3) is 11.0 Å². The SMILES string of the molecule is CC(NCc1nc2ccccc2n1C)c1cn[nH]c1. The number of aryl methyl sites for hydroxylation is 1. The molecule has 1 aromatic carbocycles. The Morgan fingerprint density at radius 1 is 1.37 bits per heavy atom. The molecule has 3 aromatic rings. The van der Waals surface area contributed by atoms with Crippen molar-refractivity contribution in [1.29, 1.82) is 0 Å². The van der Waals surface area contributed by atoms with Gasteiger partial charge >= 0.3 is 0 Å². The number of nitrogens with zero attached hydrogens (tertiary/aromatic N) is 3. The topological polar surface area (TPSA) is 58.5 Å². The smallest absolute Gasteiger partial charge is 0.123 e. The van der Waals surface area contributed by atoms with Gasteiger partial charge in [0.1, 0.15) is 5.82 Å². The zero-order valence-corrected chi connectivity index (χ0v) is 11.1. The molecule has 0 spiro atoms.